The van der Waals surface area contributed by atoms with Crippen LogP contribution in [-0.2, 0) is 5.41 Å². The van der Waals surface area contributed by atoms with E-state index in [2.05, 4.69) is 21.3 Å². The number of benzene rings is 2. The number of aliphatic hydroxyl groups excluding tert-OH is 1. The summed E-state index contributed by atoms with van der Waals surface area (Å²) in [5, 5.41) is 14.0. The van der Waals surface area contributed by atoms with Crippen LogP contribution >= 0.6 is 0 Å². The predicted molar refractivity (Wildman–Crippen MR) is 125 cm³/mol. The lowest BCUT2D eigenvalue weighted by Crippen LogP contribution is -2.54. The van der Waals surface area contributed by atoms with Gasteiger partial charge in [-0.2, -0.15) is 0 Å². The second-order valence-electron chi connectivity index (χ2n) is 9.12. The standard InChI is InChI=1S/C25H29FN4O3/c1-29-15-25(9-11-30(12-10-25)24(32)28-19-6-4-3-5-18(19)26)22-17-8-7-16(33-2)13-20(17)27-23(22)21(29)14-31/h3-8,13,21,27,31H,9-12,14-15H2,1-2H3,(H,28,32)/t21-/m0/s1. The third-order valence-corrected chi connectivity index (χ3v) is 7.28. The SMILES string of the molecule is COc1ccc2c3c([nH]c2c1)[C@H](CO)N(C)CC31CCN(C(=O)Nc2ccccc2F)CC1. The van der Waals surface area contributed by atoms with E-state index in [4.69, 9.17) is 4.74 Å². The maximum absolute atomic E-state index is 14.0. The minimum atomic E-state index is -0.442. The fourth-order valence-corrected chi connectivity index (χ4v) is 5.57. The number of urea groups is 1. The molecule has 0 radical (unpaired) electrons. The van der Waals surface area contributed by atoms with Crippen LogP contribution in [-0.4, -0.2) is 66.3 Å². The Bertz CT molecular complexity index is 1190. The third-order valence-electron chi connectivity index (χ3n) is 7.28. The number of aromatic nitrogens is 1. The fraction of sp³-hybridized carbons (Fsp3) is 0.400. The molecule has 3 heterocycles. The Labute approximate surface area is 192 Å². The molecule has 33 heavy (non-hydrogen) atoms. The van der Waals surface area contributed by atoms with E-state index in [1.807, 2.05) is 19.2 Å². The van der Waals surface area contributed by atoms with Gasteiger partial charge in [-0.25, -0.2) is 9.18 Å². The summed E-state index contributed by atoms with van der Waals surface area (Å²) in [6.07, 6.45) is 1.57. The number of hydrogen-bond donors (Lipinski definition) is 3. The molecule has 1 atom stereocenters. The van der Waals surface area contributed by atoms with Gasteiger partial charge in [-0.05, 0) is 49.7 Å². The van der Waals surface area contributed by atoms with E-state index in [9.17, 15) is 14.3 Å². The number of aromatic amines is 1. The minimum Gasteiger partial charge on any atom is -0.497 e. The van der Waals surface area contributed by atoms with Crippen LogP contribution in [0.3, 0.4) is 0 Å². The number of amides is 2. The summed E-state index contributed by atoms with van der Waals surface area (Å²) in [5.74, 6) is 0.339. The number of ether oxygens (including phenoxy) is 1. The van der Waals surface area contributed by atoms with Crippen molar-refractivity contribution in [3.63, 3.8) is 0 Å². The van der Waals surface area contributed by atoms with Gasteiger partial charge in [-0.3, -0.25) is 4.90 Å². The quantitative estimate of drug-likeness (QED) is 0.564. The lowest BCUT2D eigenvalue weighted by molar-refractivity contribution is 0.0737. The van der Waals surface area contributed by atoms with Crippen LogP contribution in [0.25, 0.3) is 10.9 Å². The van der Waals surface area contributed by atoms with Gasteiger partial charge in [-0.1, -0.05) is 12.1 Å². The first-order chi connectivity index (χ1) is 16.0. The number of methoxy groups -OCH3 is 1. The average molecular weight is 453 g/mol. The highest BCUT2D eigenvalue weighted by molar-refractivity contribution is 5.90. The Balaban J connectivity index is 1.44. The minimum absolute atomic E-state index is 0.0285. The zero-order valence-electron chi connectivity index (χ0n) is 18.9. The van der Waals surface area contributed by atoms with Crippen molar-refractivity contribution in [1.29, 1.82) is 0 Å². The normalized spacial score (nSPS) is 20.1. The van der Waals surface area contributed by atoms with Crippen LogP contribution < -0.4 is 10.1 Å². The van der Waals surface area contributed by atoms with Crippen LogP contribution in [0.5, 0.6) is 5.75 Å². The number of nitrogens with one attached hydrogen (secondary N) is 2. The number of aliphatic hydroxyl groups is 1. The summed E-state index contributed by atoms with van der Waals surface area (Å²) in [5.41, 5.74) is 3.33. The number of H-pyrrole nitrogens is 1. The van der Waals surface area contributed by atoms with Gasteiger partial charge in [0, 0.05) is 47.7 Å². The molecule has 2 aromatic carbocycles. The van der Waals surface area contributed by atoms with E-state index in [0.717, 1.165) is 41.7 Å². The Morgan fingerprint density at radius 3 is 2.73 bits per heavy atom. The third kappa shape index (κ3) is 3.63. The van der Waals surface area contributed by atoms with Crippen molar-refractivity contribution in [1.82, 2.24) is 14.8 Å². The van der Waals surface area contributed by atoms with Crippen LogP contribution in [0.15, 0.2) is 42.5 Å². The smallest absolute Gasteiger partial charge is 0.321 e. The van der Waals surface area contributed by atoms with Crippen molar-refractivity contribution in [2.45, 2.75) is 24.3 Å². The first-order valence-electron chi connectivity index (χ1n) is 11.3. The molecule has 174 valence electrons. The second-order valence-corrected chi connectivity index (χ2v) is 9.12. The van der Waals surface area contributed by atoms with Crippen LogP contribution in [0.2, 0.25) is 0 Å². The number of likely N-dealkylation sites (N-methyl/N-ethyl adjacent to an activating group) is 1. The molecule has 1 saturated heterocycles. The van der Waals surface area contributed by atoms with Gasteiger partial charge in [0.15, 0.2) is 0 Å². The number of fused-ring (bicyclic) bond motifs is 4. The molecule has 2 aliphatic rings. The Hall–Kier alpha value is -3.10. The predicted octanol–water partition coefficient (Wildman–Crippen LogP) is 3.86. The first-order valence-corrected chi connectivity index (χ1v) is 11.3. The number of carbonyl (C=O) groups is 1. The molecule has 8 heteroatoms. The summed E-state index contributed by atoms with van der Waals surface area (Å²) in [6.45, 7) is 1.97. The van der Waals surface area contributed by atoms with E-state index in [-0.39, 0.29) is 29.8 Å². The van der Waals surface area contributed by atoms with Gasteiger partial charge >= 0.3 is 6.03 Å². The average Bonchev–Trinajstić information content (AvgIpc) is 3.20. The summed E-state index contributed by atoms with van der Waals surface area (Å²) < 4.78 is 19.4. The highest BCUT2D eigenvalue weighted by atomic mass is 19.1. The van der Waals surface area contributed by atoms with Crippen molar-refractivity contribution in [3.8, 4) is 5.75 Å². The monoisotopic (exact) mass is 452 g/mol. The van der Waals surface area contributed by atoms with Crippen molar-refractivity contribution in [2.24, 2.45) is 0 Å². The second kappa shape index (κ2) is 8.35. The highest BCUT2D eigenvalue weighted by Crippen LogP contribution is 2.48. The number of likely N-dealkylation sites (tertiary alicyclic amines) is 1. The van der Waals surface area contributed by atoms with Crippen LogP contribution in [0.1, 0.15) is 30.1 Å². The number of anilines is 1. The maximum atomic E-state index is 14.0. The van der Waals surface area contributed by atoms with E-state index in [1.54, 1.807) is 30.2 Å². The molecule has 1 aromatic heterocycles. The van der Waals surface area contributed by atoms with E-state index < -0.39 is 5.82 Å². The van der Waals surface area contributed by atoms with E-state index >= 15 is 0 Å². The largest absolute Gasteiger partial charge is 0.497 e. The molecule has 2 amide bonds. The van der Waals surface area contributed by atoms with Crippen molar-refractivity contribution >= 4 is 22.6 Å². The summed E-state index contributed by atoms with van der Waals surface area (Å²) >= 11 is 0. The van der Waals surface area contributed by atoms with Gasteiger partial charge < -0.3 is 25.0 Å². The number of hydrogen-bond acceptors (Lipinski definition) is 4. The fourth-order valence-electron chi connectivity index (χ4n) is 5.57. The van der Waals surface area contributed by atoms with Crippen molar-refractivity contribution in [2.75, 3.05) is 45.7 Å². The topological polar surface area (TPSA) is 80.8 Å². The van der Waals surface area contributed by atoms with Gasteiger partial charge in [0.2, 0.25) is 0 Å². The molecular weight excluding hydrogens is 423 g/mol. The van der Waals surface area contributed by atoms with Crippen molar-refractivity contribution in [3.05, 3.63) is 59.5 Å². The lowest BCUT2D eigenvalue weighted by atomic mass is 9.68. The number of nitrogens with zero attached hydrogens (tertiary/aromatic N) is 2. The van der Waals surface area contributed by atoms with Gasteiger partial charge in [0.05, 0.1) is 25.4 Å². The summed E-state index contributed by atoms with van der Waals surface area (Å²) in [7, 11) is 3.69. The Morgan fingerprint density at radius 1 is 1.27 bits per heavy atom. The number of rotatable bonds is 3. The molecule has 3 aromatic rings. The van der Waals surface area contributed by atoms with Gasteiger partial charge in [-0.15, -0.1) is 0 Å². The molecule has 0 unspecified atom stereocenters. The molecule has 7 nitrogen and oxygen atoms in total. The van der Waals surface area contributed by atoms with E-state index in [1.165, 1.54) is 11.6 Å². The molecule has 5 rings (SSSR count). The highest BCUT2D eigenvalue weighted by Gasteiger charge is 2.46. The molecule has 0 bridgehead atoms. The zero-order valence-corrected chi connectivity index (χ0v) is 18.9. The molecule has 2 aliphatic heterocycles. The number of carbonyl (C=O) groups excluding carboxylic acids is 1. The Kier molecular flexibility index (Phi) is 5.50. The van der Waals surface area contributed by atoms with Gasteiger partial charge in [0.1, 0.15) is 11.6 Å². The first kappa shape index (κ1) is 21.7. The van der Waals surface area contributed by atoms with Crippen LogP contribution in [0.4, 0.5) is 14.9 Å². The summed E-state index contributed by atoms with van der Waals surface area (Å²) in [6, 6.07) is 11.9. The molecule has 0 saturated carbocycles. The molecule has 0 aliphatic carbocycles. The molecule has 3 N–H and O–H groups in total. The molecular formula is C25H29FN4O3. The van der Waals surface area contributed by atoms with Crippen molar-refractivity contribution < 1.29 is 19.0 Å². The number of piperidine rings is 1. The zero-order chi connectivity index (χ0) is 23.2. The lowest BCUT2D eigenvalue weighted by Gasteiger charge is -2.49. The van der Waals surface area contributed by atoms with Crippen LogP contribution in [0, 0.1) is 5.82 Å². The summed E-state index contributed by atoms with van der Waals surface area (Å²) in [4.78, 5) is 20.3. The van der Waals surface area contributed by atoms with Gasteiger partial charge in [0.25, 0.3) is 0 Å². The molecule has 1 fully saturated rings. The van der Waals surface area contributed by atoms with E-state index in [0.29, 0.717) is 13.1 Å². The number of para-hydroxylation sites is 1. The maximum Gasteiger partial charge on any atom is 0.321 e. The Morgan fingerprint density at radius 2 is 2.03 bits per heavy atom. The molecule has 1 spiro atoms. The number of halogens is 1.